The maximum absolute atomic E-state index is 13.6. The zero-order valence-corrected chi connectivity index (χ0v) is 12.8. The fraction of sp³-hybridized carbons (Fsp3) is 0.294. The standard InChI is InChI=1S/C17H16FNO5/c18-12-3-1-2-11(10-12)17(6-8-23-9-7-17)19-15(20)13-4-5-14(24-13)16(21)22/h1-5,10H,6-9H2,(H,19,20)(H,21,22). The number of hydrogen-bond donors (Lipinski definition) is 2. The molecule has 1 aliphatic rings. The summed E-state index contributed by atoms with van der Waals surface area (Å²) in [4.78, 5) is 23.3. The van der Waals surface area contributed by atoms with E-state index in [0.717, 1.165) is 0 Å². The Morgan fingerprint density at radius 2 is 1.83 bits per heavy atom. The van der Waals surface area contributed by atoms with Gasteiger partial charge in [0.2, 0.25) is 5.76 Å². The van der Waals surface area contributed by atoms with E-state index < -0.39 is 23.2 Å². The molecule has 0 saturated carbocycles. The number of furan rings is 1. The second kappa shape index (κ2) is 6.45. The molecule has 0 atom stereocenters. The number of aromatic carboxylic acids is 1. The fourth-order valence-electron chi connectivity index (χ4n) is 2.85. The molecule has 3 rings (SSSR count). The summed E-state index contributed by atoms with van der Waals surface area (Å²) >= 11 is 0. The molecule has 1 aromatic carbocycles. The fourth-order valence-corrected chi connectivity index (χ4v) is 2.85. The zero-order chi connectivity index (χ0) is 17.2. The summed E-state index contributed by atoms with van der Waals surface area (Å²) in [6.45, 7) is 0.852. The third-order valence-electron chi connectivity index (χ3n) is 4.12. The highest BCUT2D eigenvalue weighted by Gasteiger charge is 2.37. The number of carbonyl (C=O) groups is 2. The highest BCUT2D eigenvalue weighted by atomic mass is 19.1. The van der Waals surface area contributed by atoms with E-state index in [1.807, 2.05) is 0 Å². The quantitative estimate of drug-likeness (QED) is 0.897. The number of carboxylic acid groups (broad SMARTS) is 1. The first kappa shape index (κ1) is 16.2. The van der Waals surface area contributed by atoms with Gasteiger partial charge >= 0.3 is 5.97 Å². The van der Waals surface area contributed by atoms with E-state index in [1.165, 1.54) is 24.3 Å². The average Bonchev–Trinajstić information content (AvgIpc) is 3.06. The Labute approximate surface area is 137 Å². The first-order chi connectivity index (χ1) is 11.5. The van der Waals surface area contributed by atoms with E-state index in [4.69, 9.17) is 14.3 Å². The van der Waals surface area contributed by atoms with Gasteiger partial charge in [-0.05, 0) is 42.7 Å². The van der Waals surface area contributed by atoms with Crippen molar-refractivity contribution in [3.63, 3.8) is 0 Å². The van der Waals surface area contributed by atoms with Crippen LogP contribution in [0.1, 0.15) is 39.5 Å². The number of carbonyl (C=O) groups excluding carboxylic acids is 1. The lowest BCUT2D eigenvalue weighted by Crippen LogP contribution is -2.49. The lowest BCUT2D eigenvalue weighted by Gasteiger charge is -2.38. The first-order valence-corrected chi connectivity index (χ1v) is 7.50. The summed E-state index contributed by atoms with van der Waals surface area (Å²) in [5, 5.41) is 11.7. The Hall–Kier alpha value is -2.67. The molecule has 24 heavy (non-hydrogen) atoms. The summed E-state index contributed by atoms with van der Waals surface area (Å²) in [6.07, 6.45) is 0.962. The van der Waals surface area contributed by atoms with E-state index in [1.54, 1.807) is 12.1 Å². The van der Waals surface area contributed by atoms with Crippen LogP contribution in [0.3, 0.4) is 0 Å². The Morgan fingerprint density at radius 1 is 1.12 bits per heavy atom. The van der Waals surface area contributed by atoms with Crippen LogP contribution in [0.4, 0.5) is 4.39 Å². The summed E-state index contributed by atoms with van der Waals surface area (Å²) in [7, 11) is 0. The predicted molar refractivity (Wildman–Crippen MR) is 81.3 cm³/mol. The van der Waals surface area contributed by atoms with Crippen molar-refractivity contribution < 1.29 is 28.2 Å². The highest BCUT2D eigenvalue weighted by Crippen LogP contribution is 2.33. The lowest BCUT2D eigenvalue weighted by atomic mass is 9.82. The minimum absolute atomic E-state index is 0.102. The molecular weight excluding hydrogens is 317 g/mol. The van der Waals surface area contributed by atoms with E-state index in [0.29, 0.717) is 31.6 Å². The number of hydrogen-bond acceptors (Lipinski definition) is 4. The monoisotopic (exact) mass is 333 g/mol. The number of carboxylic acids is 1. The van der Waals surface area contributed by atoms with Crippen LogP contribution in [0.2, 0.25) is 0 Å². The number of ether oxygens (including phenoxy) is 1. The number of halogens is 1. The van der Waals surface area contributed by atoms with Crippen molar-refractivity contribution in [3.8, 4) is 0 Å². The van der Waals surface area contributed by atoms with Crippen LogP contribution in [0, 0.1) is 5.82 Å². The second-order valence-corrected chi connectivity index (χ2v) is 5.63. The van der Waals surface area contributed by atoms with E-state index >= 15 is 0 Å². The van der Waals surface area contributed by atoms with Gasteiger partial charge in [-0.15, -0.1) is 0 Å². The van der Waals surface area contributed by atoms with Crippen molar-refractivity contribution in [1.29, 1.82) is 0 Å². The molecule has 1 saturated heterocycles. The largest absolute Gasteiger partial charge is 0.475 e. The molecule has 1 amide bonds. The van der Waals surface area contributed by atoms with Crippen LogP contribution in [-0.4, -0.2) is 30.2 Å². The molecule has 0 aliphatic carbocycles. The zero-order valence-electron chi connectivity index (χ0n) is 12.8. The van der Waals surface area contributed by atoms with Crippen molar-refractivity contribution in [1.82, 2.24) is 5.32 Å². The molecule has 0 spiro atoms. The van der Waals surface area contributed by atoms with Gasteiger partial charge in [-0.2, -0.15) is 0 Å². The molecule has 1 aliphatic heterocycles. The van der Waals surface area contributed by atoms with Gasteiger partial charge in [-0.3, -0.25) is 4.79 Å². The normalized spacial score (nSPS) is 16.5. The third kappa shape index (κ3) is 3.16. The van der Waals surface area contributed by atoms with Crippen molar-refractivity contribution in [2.45, 2.75) is 18.4 Å². The van der Waals surface area contributed by atoms with Crippen LogP contribution < -0.4 is 5.32 Å². The molecule has 2 aromatic rings. The maximum atomic E-state index is 13.6. The molecule has 7 heteroatoms. The number of benzene rings is 1. The molecule has 2 heterocycles. The summed E-state index contributed by atoms with van der Waals surface area (Å²) in [6, 6.07) is 8.58. The van der Waals surface area contributed by atoms with Crippen LogP contribution in [0.15, 0.2) is 40.8 Å². The van der Waals surface area contributed by atoms with Gasteiger partial charge in [0, 0.05) is 13.2 Å². The molecule has 1 fully saturated rings. The van der Waals surface area contributed by atoms with Crippen LogP contribution in [-0.2, 0) is 10.3 Å². The molecule has 126 valence electrons. The van der Waals surface area contributed by atoms with Gasteiger partial charge in [0.1, 0.15) is 5.82 Å². The molecule has 2 N–H and O–H groups in total. The second-order valence-electron chi connectivity index (χ2n) is 5.63. The Bertz CT molecular complexity index is 764. The number of nitrogens with one attached hydrogen (secondary N) is 1. The van der Waals surface area contributed by atoms with Crippen LogP contribution in [0.5, 0.6) is 0 Å². The highest BCUT2D eigenvalue weighted by molar-refractivity contribution is 5.94. The Kier molecular flexibility index (Phi) is 4.35. The van der Waals surface area contributed by atoms with Crippen LogP contribution in [0.25, 0.3) is 0 Å². The Morgan fingerprint density at radius 3 is 2.46 bits per heavy atom. The summed E-state index contributed by atoms with van der Waals surface area (Å²) in [5.74, 6) is -2.60. The van der Waals surface area contributed by atoms with Crippen molar-refractivity contribution in [3.05, 3.63) is 59.3 Å². The summed E-state index contributed by atoms with van der Waals surface area (Å²) < 4.78 is 24.0. The first-order valence-electron chi connectivity index (χ1n) is 7.50. The van der Waals surface area contributed by atoms with Gasteiger partial charge in [0.15, 0.2) is 5.76 Å². The minimum atomic E-state index is -1.25. The minimum Gasteiger partial charge on any atom is -0.475 e. The molecule has 0 unspecified atom stereocenters. The topological polar surface area (TPSA) is 88.8 Å². The number of amides is 1. The van der Waals surface area contributed by atoms with Gasteiger partial charge < -0.3 is 19.6 Å². The average molecular weight is 333 g/mol. The Balaban J connectivity index is 1.89. The van der Waals surface area contributed by atoms with Crippen LogP contribution >= 0.6 is 0 Å². The summed E-state index contributed by atoms with van der Waals surface area (Å²) in [5.41, 5.74) is -0.141. The van der Waals surface area contributed by atoms with Gasteiger partial charge in [-0.25, -0.2) is 9.18 Å². The van der Waals surface area contributed by atoms with Crippen molar-refractivity contribution in [2.75, 3.05) is 13.2 Å². The maximum Gasteiger partial charge on any atom is 0.371 e. The van der Waals surface area contributed by atoms with Gasteiger partial charge in [-0.1, -0.05) is 12.1 Å². The molecule has 6 nitrogen and oxygen atoms in total. The molecule has 0 bridgehead atoms. The van der Waals surface area contributed by atoms with Crippen molar-refractivity contribution in [2.24, 2.45) is 0 Å². The molecule has 0 radical (unpaired) electrons. The van der Waals surface area contributed by atoms with Gasteiger partial charge in [0.05, 0.1) is 5.54 Å². The van der Waals surface area contributed by atoms with Gasteiger partial charge in [0.25, 0.3) is 5.91 Å². The van der Waals surface area contributed by atoms with Crippen molar-refractivity contribution >= 4 is 11.9 Å². The van der Waals surface area contributed by atoms with E-state index in [2.05, 4.69) is 5.32 Å². The van der Waals surface area contributed by atoms with E-state index in [-0.39, 0.29) is 11.5 Å². The smallest absolute Gasteiger partial charge is 0.371 e. The molecule has 1 aromatic heterocycles. The predicted octanol–water partition coefficient (Wildman–Crippen LogP) is 2.55. The van der Waals surface area contributed by atoms with E-state index in [9.17, 15) is 14.0 Å². The number of rotatable bonds is 4. The lowest BCUT2D eigenvalue weighted by molar-refractivity contribution is 0.0336. The molecular formula is C17H16FNO5. The third-order valence-corrected chi connectivity index (χ3v) is 4.12. The SMILES string of the molecule is O=C(O)c1ccc(C(=O)NC2(c3cccc(F)c3)CCOCC2)o1.